The van der Waals surface area contributed by atoms with Crippen molar-refractivity contribution >= 4 is 0 Å². The molecule has 1 aromatic heterocycles. The maximum atomic E-state index is 6.06. The Morgan fingerprint density at radius 2 is 2.21 bits per heavy atom. The molecule has 0 spiro atoms. The minimum atomic E-state index is 0.281. The Kier molecular flexibility index (Phi) is 2.54. The summed E-state index contributed by atoms with van der Waals surface area (Å²) in [4.78, 5) is 0. The fourth-order valence-corrected chi connectivity index (χ4v) is 2.37. The zero-order valence-electron chi connectivity index (χ0n) is 8.90. The molecular weight excluding hydrogens is 176 g/mol. The van der Waals surface area contributed by atoms with E-state index in [4.69, 9.17) is 5.73 Å². The molecular formula is C10H18N4. The summed E-state index contributed by atoms with van der Waals surface area (Å²) in [5.74, 6) is 2.52. The SMILES string of the molecule is CCn1c(C)nnc1C1CCCC1N. The molecule has 78 valence electrons. The number of hydrogen-bond donors (Lipinski definition) is 1. The topological polar surface area (TPSA) is 56.7 Å². The minimum absolute atomic E-state index is 0.281. The van der Waals surface area contributed by atoms with Crippen molar-refractivity contribution in [2.24, 2.45) is 5.73 Å². The molecule has 0 aromatic carbocycles. The van der Waals surface area contributed by atoms with Crippen LogP contribution in [0.1, 0.15) is 43.8 Å². The lowest BCUT2D eigenvalue weighted by Gasteiger charge is -2.15. The van der Waals surface area contributed by atoms with Crippen molar-refractivity contribution < 1.29 is 0 Å². The summed E-state index contributed by atoms with van der Waals surface area (Å²) in [6.07, 6.45) is 3.51. The fraction of sp³-hybridized carbons (Fsp3) is 0.800. The number of rotatable bonds is 2. The standard InChI is InChI=1S/C10H18N4/c1-3-14-7(2)12-13-10(14)8-5-4-6-9(8)11/h8-9H,3-6,11H2,1-2H3. The van der Waals surface area contributed by atoms with Gasteiger partial charge in [0.05, 0.1) is 0 Å². The first-order valence-corrected chi connectivity index (χ1v) is 5.39. The van der Waals surface area contributed by atoms with Crippen LogP contribution in [0, 0.1) is 6.92 Å². The molecule has 14 heavy (non-hydrogen) atoms. The van der Waals surface area contributed by atoms with Gasteiger partial charge in [-0.05, 0) is 26.7 Å². The maximum Gasteiger partial charge on any atom is 0.137 e. The van der Waals surface area contributed by atoms with Crippen LogP contribution in [-0.4, -0.2) is 20.8 Å². The Balaban J connectivity index is 2.30. The van der Waals surface area contributed by atoms with Gasteiger partial charge in [-0.15, -0.1) is 10.2 Å². The maximum absolute atomic E-state index is 6.06. The lowest BCUT2D eigenvalue weighted by molar-refractivity contribution is 0.540. The van der Waals surface area contributed by atoms with Crippen LogP contribution >= 0.6 is 0 Å². The highest BCUT2D eigenvalue weighted by Gasteiger charge is 2.29. The molecule has 1 heterocycles. The number of hydrogen-bond acceptors (Lipinski definition) is 3. The molecule has 0 amide bonds. The van der Waals surface area contributed by atoms with Gasteiger partial charge < -0.3 is 10.3 Å². The molecule has 1 fully saturated rings. The summed E-state index contributed by atoms with van der Waals surface area (Å²) >= 11 is 0. The average Bonchev–Trinajstić information content (AvgIpc) is 2.71. The van der Waals surface area contributed by atoms with E-state index in [0.717, 1.165) is 24.6 Å². The molecule has 2 unspecified atom stereocenters. The van der Waals surface area contributed by atoms with Gasteiger partial charge in [-0.2, -0.15) is 0 Å². The predicted octanol–water partition coefficient (Wildman–Crippen LogP) is 1.20. The van der Waals surface area contributed by atoms with Crippen LogP contribution in [-0.2, 0) is 6.54 Å². The highest BCUT2D eigenvalue weighted by molar-refractivity contribution is 5.07. The average molecular weight is 194 g/mol. The van der Waals surface area contributed by atoms with Gasteiger partial charge in [0.2, 0.25) is 0 Å². The number of nitrogens with two attached hydrogens (primary N) is 1. The largest absolute Gasteiger partial charge is 0.327 e. The Morgan fingerprint density at radius 3 is 2.79 bits per heavy atom. The van der Waals surface area contributed by atoms with E-state index in [-0.39, 0.29) is 6.04 Å². The third-order valence-corrected chi connectivity index (χ3v) is 3.18. The van der Waals surface area contributed by atoms with E-state index in [9.17, 15) is 0 Å². The highest BCUT2D eigenvalue weighted by atomic mass is 15.3. The molecule has 1 aliphatic rings. The van der Waals surface area contributed by atoms with Gasteiger partial charge in [-0.25, -0.2) is 0 Å². The number of aryl methyl sites for hydroxylation is 1. The number of nitrogens with zero attached hydrogens (tertiary/aromatic N) is 3. The number of aromatic nitrogens is 3. The molecule has 0 saturated heterocycles. The molecule has 4 nitrogen and oxygen atoms in total. The normalized spacial score (nSPS) is 27.1. The summed E-state index contributed by atoms with van der Waals surface area (Å²) in [5.41, 5.74) is 6.06. The van der Waals surface area contributed by atoms with Crippen LogP contribution in [0.25, 0.3) is 0 Å². The zero-order chi connectivity index (χ0) is 10.1. The van der Waals surface area contributed by atoms with Crippen molar-refractivity contribution in [3.05, 3.63) is 11.6 Å². The van der Waals surface area contributed by atoms with E-state index >= 15 is 0 Å². The van der Waals surface area contributed by atoms with Gasteiger partial charge in [-0.3, -0.25) is 0 Å². The molecule has 4 heteroatoms. The van der Waals surface area contributed by atoms with Gasteiger partial charge in [0.25, 0.3) is 0 Å². The quantitative estimate of drug-likeness (QED) is 0.769. The Morgan fingerprint density at radius 1 is 1.43 bits per heavy atom. The van der Waals surface area contributed by atoms with E-state index in [2.05, 4.69) is 21.7 Å². The van der Waals surface area contributed by atoms with Crippen LogP contribution in [0.5, 0.6) is 0 Å². The van der Waals surface area contributed by atoms with Crippen LogP contribution in [0.15, 0.2) is 0 Å². The van der Waals surface area contributed by atoms with Crippen LogP contribution in [0.3, 0.4) is 0 Å². The highest BCUT2D eigenvalue weighted by Crippen LogP contribution is 2.32. The molecule has 1 aliphatic carbocycles. The predicted molar refractivity (Wildman–Crippen MR) is 55.0 cm³/mol. The molecule has 2 atom stereocenters. The van der Waals surface area contributed by atoms with Crippen molar-refractivity contribution in [3.8, 4) is 0 Å². The molecule has 0 aliphatic heterocycles. The van der Waals surface area contributed by atoms with E-state index in [1.54, 1.807) is 0 Å². The monoisotopic (exact) mass is 194 g/mol. The Labute approximate surface area is 84.5 Å². The van der Waals surface area contributed by atoms with Crippen LogP contribution < -0.4 is 5.73 Å². The summed E-state index contributed by atoms with van der Waals surface area (Å²) in [6.45, 7) is 5.07. The van der Waals surface area contributed by atoms with Gasteiger partial charge in [0.1, 0.15) is 11.6 Å². The van der Waals surface area contributed by atoms with Crippen LogP contribution in [0.4, 0.5) is 0 Å². The van der Waals surface area contributed by atoms with Gasteiger partial charge in [-0.1, -0.05) is 6.42 Å². The summed E-state index contributed by atoms with van der Waals surface area (Å²) in [7, 11) is 0. The van der Waals surface area contributed by atoms with Crippen molar-refractivity contribution in [3.63, 3.8) is 0 Å². The minimum Gasteiger partial charge on any atom is -0.327 e. The second-order valence-electron chi connectivity index (χ2n) is 4.05. The van der Waals surface area contributed by atoms with E-state index in [1.807, 2.05) is 6.92 Å². The molecule has 2 rings (SSSR count). The smallest absolute Gasteiger partial charge is 0.137 e. The second kappa shape index (κ2) is 3.69. The van der Waals surface area contributed by atoms with Gasteiger partial charge in [0, 0.05) is 18.5 Å². The van der Waals surface area contributed by atoms with Crippen molar-refractivity contribution in [1.82, 2.24) is 14.8 Å². The van der Waals surface area contributed by atoms with Crippen LogP contribution in [0.2, 0.25) is 0 Å². The fourth-order valence-electron chi connectivity index (χ4n) is 2.37. The summed E-state index contributed by atoms with van der Waals surface area (Å²) in [6, 6.07) is 0.281. The van der Waals surface area contributed by atoms with Gasteiger partial charge in [0.15, 0.2) is 0 Å². The third kappa shape index (κ3) is 1.43. The molecule has 2 N–H and O–H groups in total. The van der Waals surface area contributed by atoms with E-state index < -0.39 is 0 Å². The van der Waals surface area contributed by atoms with Crippen molar-refractivity contribution in [1.29, 1.82) is 0 Å². The summed E-state index contributed by atoms with van der Waals surface area (Å²) < 4.78 is 2.18. The summed E-state index contributed by atoms with van der Waals surface area (Å²) in [5, 5.41) is 8.38. The Bertz CT molecular complexity index is 318. The van der Waals surface area contributed by atoms with Gasteiger partial charge >= 0.3 is 0 Å². The lowest BCUT2D eigenvalue weighted by atomic mass is 10.0. The first-order chi connectivity index (χ1) is 6.74. The van der Waals surface area contributed by atoms with E-state index in [0.29, 0.717) is 5.92 Å². The molecule has 1 saturated carbocycles. The van der Waals surface area contributed by atoms with Crippen molar-refractivity contribution in [2.45, 2.75) is 51.6 Å². The molecule has 1 aromatic rings. The second-order valence-corrected chi connectivity index (χ2v) is 4.05. The zero-order valence-corrected chi connectivity index (χ0v) is 8.90. The molecule has 0 radical (unpaired) electrons. The van der Waals surface area contributed by atoms with E-state index in [1.165, 1.54) is 12.8 Å². The lowest BCUT2D eigenvalue weighted by Crippen LogP contribution is -2.25. The Hall–Kier alpha value is -0.900. The first-order valence-electron chi connectivity index (χ1n) is 5.39. The molecule has 0 bridgehead atoms. The van der Waals surface area contributed by atoms with Crippen molar-refractivity contribution in [2.75, 3.05) is 0 Å². The third-order valence-electron chi connectivity index (χ3n) is 3.18. The first kappa shape index (κ1) is 9.65.